The minimum Gasteiger partial charge on any atom is -0.368 e. The molecule has 84 valence electrons. The number of anilines is 1. The number of hydrogen-bond donors (Lipinski definition) is 1. The molecular formula is C10H8N6S. The molecule has 0 aliphatic carbocycles. The van der Waals surface area contributed by atoms with E-state index in [9.17, 15) is 0 Å². The predicted molar refractivity (Wildman–Crippen MR) is 64.0 cm³/mol. The van der Waals surface area contributed by atoms with Gasteiger partial charge in [-0.2, -0.15) is 5.26 Å². The van der Waals surface area contributed by atoms with Gasteiger partial charge in [-0.15, -0.1) is 11.8 Å². The van der Waals surface area contributed by atoms with Gasteiger partial charge in [-0.05, 0) is 6.26 Å². The summed E-state index contributed by atoms with van der Waals surface area (Å²) in [6.07, 6.45) is 6.44. The third kappa shape index (κ3) is 2.16. The molecule has 0 spiro atoms. The lowest BCUT2D eigenvalue weighted by Gasteiger charge is -2.06. The van der Waals surface area contributed by atoms with E-state index < -0.39 is 0 Å². The standard InChI is InChI=1S/C10H8N6S/c1-17-9-6(4-11)8(15-10(12)16-9)7-5-13-2-3-14-7/h2-3,5H,1H3,(H2,12,15,16). The summed E-state index contributed by atoms with van der Waals surface area (Å²) in [4.78, 5) is 16.1. The number of nitrogen functional groups attached to an aromatic ring is 1. The molecule has 2 N–H and O–H groups in total. The van der Waals surface area contributed by atoms with Crippen LogP contribution in [0.15, 0.2) is 23.6 Å². The SMILES string of the molecule is CSc1nc(N)nc(-c2cnccn2)c1C#N. The van der Waals surface area contributed by atoms with Crippen LogP contribution < -0.4 is 5.73 Å². The zero-order chi connectivity index (χ0) is 12.3. The molecule has 0 aliphatic rings. The van der Waals surface area contributed by atoms with Gasteiger partial charge < -0.3 is 5.73 Å². The van der Waals surface area contributed by atoms with E-state index in [2.05, 4.69) is 26.0 Å². The lowest BCUT2D eigenvalue weighted by molar-refractivity contribution is 1.04. The van der Waals surface area contributed by atoms with Gasteiger partial charge in [-0.1, -0.05) is 0 Å². The van der Waals surface area contributed by atoms with E-state index in [-0.39, 0.29) is 5.95 Å². The van der Waals surface area contributed by atoms with Gasteiger partial charge in [0.05, 0.1) is 6.20 Å². The van der Waals surface area contributed by atoms with Crippen molar-refractivity contribution in [3.05, 3.63) is 24.2 Å². The third-order valence-corrected chi connectivity index (χ3v) is 2.69. The van der Waals surface area contributed by atoms with Crippen molar-refractivity contribution in [2.45, 2.75) is 5.03 Å². The zero-order valence-corrected chi connectivity index (χ0v) is 9.77. The van der Waals surface area contributed by atoms with Crippen molar-refractivity contribution in [3.63, 3.8) is 0 Å². The van der Waals surface area contributed by atoms with Gasteiger partial charge in [0.15, 0.2) is 0 Å². The van der Waals surface area contributed by atoms with Crippen LogP contribution in [-0.4, -0.2) is 26.2 Å². The van der Waals surface area contributed by atoms with Crippen molar-refractivity contribution in [1.29, 1.82) is 5.26 Å². The van der Waals surface area contributed by atoms with Gasteiger partial charge in [-0.25, -0.2) is 9.97 Å². The van der Waals surface area contributed by atoms with Crippen LogP contribution in [-0.2, 0) is 0 Å². The van der Waals surface area contributed by atoms with E-state index in [1.165, 1.54) is 24.2 Å². The quantitative estimate of drug-likeness (QED) is 0.623. The molecule has 2 aromatic heterocycles. The molecular weight excluding hydrogens is 236 g/mol. The van der Waals surface area contributed by atoms with Crippen LogP contribution in [0.5, 0.6) is 0 Å². The largest absolute Gasteiger partial charge is 0.368 e. The summed E-state index contributed by atoms with van der Waals surface area (Å²) in [7, 11) is 0. The van der Waals surface area contributed by atoms with Gasteiger partial charge in [0.25, 0.3) is 0 Å². The maximum atomic E-state index is 9.15. The van der Waals surface area contributed by atoms with Gasteiger partial charge >= 0.3 is 0 Å². The molecule has 0 bridgehead atoms. The van der Waals surface area contributed by atoms with Crippen molar-refractivity contribution in [1.82, 2.24) is 19.9 Å². The van der Waals surface area contributed by atoms with Crippen LogP contribution in [0.1, 0.15) is 5.56 Å². The first-order chi connectivity index (χ1) is 8.26. The van der Waals surface area contributed by atoms with Gasteiger partial charge in [0.2, 0.25) is 5.95 Å². The first kappa shape index (κ1) is 11.3. The van der Waals surface area contributed by atoms with E-state index in [4.69, 9.17) is 11.0 Å². The van der Waals surface area contributed by atoms with Crippen LogP contribution >= 0.6 is 11.8 Å². The smallest absolute Gasteiger partial charge is 0.221 e. The highest BCUT2D eigenvalue weighted by atomic mass is 32.2. The summed E-state index contributed by atoms with van der Waals surface area (Å²) in [6, 6.07) is 2.07. The van der Waals surface area contributed by atoms with E-state index in [1.807, 2.05) is 6.26 Å². The Morgan fingerprint density at radius 2 is 2.18 bits per heavy atom. The number of nitriles is 1. The molecule has 0 aliphatic heterocycles. The summed E-state index contributed by atoms with van der Waals surface area (Å²) >= 11 is 1.34. The number of thioether (sulfide) groups is 1. The second kappa shape index (κ2) is 4.76. The monoisotopic (exact) mass is 244 g/mol. The molecule has 7 heteroatoms. The summed E-state index contributed by atoms with van der Waals surface area (Å²) in [5.41, 5.74) is 6.89. The van der Waals surface area contributed by atoms with Crippen LogP contribution in [0.2, 0.25) is 0 Å². The van der Waals surface area contributed by atoms with Crippen LogP contribution in [0, 0.1) is 11.3 Å². The maximum Gasteiger partial charge on any atom is 0.221 e. The van der Waals surface area contributed by atoms with E-state index >= 15 is 0 Å². The Kier molecular flexibility index (Phi) is 3.16. The zero-order valence-electron chi connectivity index (χ0n) is 8.95. The summed E-state index contributed by atoms with van der Waals surface area (Å²) in [6.45, 7) is 0. The fourth-order valence-corrected chi connectivity index (χ4v) is 1.84. The highest BCUT2D eigenvalue weighted by Crippen LogP contribution is 2.26. The van der Waals surface area contributed by atoms with Gasteiger partial charge in [0, 0.05) is 12.4 Å². The fourth-order valence-electron chi connectivity index (χ4n) is 1.31. The molecule has 2 heterocycles. The number of nitrogens with zero attached hydrogens (tertiary/aromatic N) is 5. The Morgan fingerprint density at radius 3 is 2.76 bits per heavy atom. The van der Waals surface area contributed by atoms with Crippen molar-refractivity contribution < 1.29 is 0 Å². The Balaban J connectivity index is 2.70. The highest BCUT2D eigenvalue weighted by molar-refractivity contribution is 7.98. The molecule has 0 radical (unpaired) electrons. The molecule has 0 atom stereocenters. The van der Waals surface area contributed by atoms with E-state index in [0.29, 0.717) is 22.0 Å². The fraction of sp³-hybridized carbons (Fsp3) is 0.100. The molecule has 2 aromatic rings. The molecule has 0 fully saturated rings. The maximum absolute atomic E-state index is 9.15. The molecule has 2 rings (SSSR count). The first-order valence-electron chi connectivity index (χ1n) is 4.64. The van der Waals surface area contributed by atoms with Crippen molar-refractivity contribution in [2.24, 2.45) is 0 Å². The predicted octanol–water partition coefficient (Wildman–Crippen LogP) is 1.11. The minimum atomic E-state index is 0.119. The molecule has 0 unspecified atom stereocenters. The second-order valence-electron chi connectivity index (χ2n) is 3.02. The van der Waals surface area contributed by atoms with Gasteiger partial charge in [-0.3, -0.25) is 9.97 Å². The van der Waals surface area contributed by atoms with E-state index in [1.54, 1.807) is 6.20 Å². The topological polar surface area (TPSA) is 101 Å². The van der Waals surface area contributed by atoms with Crippen LogP contribution in [0.25, 0.3) is 11.4 Å². The van der Waals surface area contributed by atoms with Gasteiger partial charge in [0.1, 0.15) is 28.0 Å². The Bertz CT molecular complexity index is 577. The second-order valence-corrected chi connectivity index (χ2v) is 3.81. The number of hydrogen-bond acceptors (Lipinski definition) is 7. The van der Waals surface area contributed by atoms with E-state index in [0.717, 1.165) is 0 Å². The summed E-state index contributed by atoms with van der Waals surface area (Å²) in [5, 5.41) is 9.69. The van der Waals surface area contributed by atoms with Crippen molar-refractivity contribution in [3.8, 4) is 17.5 Å². The Hall–Kier alpha value is -2.20. The highest BCUT2D eigenvalue weighted by Gasteiger charge is 2.15. The van der Waals surface area contributed by atoms with Crippen LogP contribution in [0.3, 0.4) is 0 Å². The average molecular weight is 244 g/mol. The summed E-state index contributed by atoms with van der Waals surface area (Å²) in [5.74, 6) is 0.119. The normalized spacial score (nSPS) is 9.88. The first-order valence-corrected chi connectivity index (χ1v) is 5.86. The van der Waals surface area contributed by atoms with Crippen LogP contribution in [0.4, 0.5) is 5.95 Å². The Labute approximate surface area is 102 Å². The molecule has 0 amide bonds. The van der Waals surface area contributed by atoms with Crippen molar-refractivity contribution in [2.75, 3.05) is 12.0 Å². The average Bonchev–Trinajstić information content (AvgIpc) is 2.38. The Morgan fingerprint density at radius 1 is 1.35 bits per heavy atom. The van der Waals surface area contributed by atoms with Crippen molar-refractivity contribution >= 4 is 17.7 Å². The third-order valence-electron chi connectivity index (χ3n) is 2.00. The summed E-state index contributed by atoms with van der Waals surface area (Å²) < 4.78 is 0. The number of nitrogens with two attached hydrogens (primary N) is 1. The number of rotatable bonds is 2. The lowest BCUT2D eigenvalue weighted by atomic mass is 10.2. The minimum absolute atomic E-state index is 0.119. The molecule has 17 heavy (non-hydrogen) atoms. The molecule has 0 saturated carbocycles. The number of aromatic nitrogens is 4. The molecule has 0 saturated heterocycles. The molecule has 6 nitrogen and oxygen atoms in total. The lowest BCUT2D eigenvalue weighted by Crippen LogP contribution is -2.03. The molecule has 0 aromatic carbocycles.